The maximum absolute atomic E-state index is 12.4. The SMILES string of the molecule is Cc1cc(C(C)(C)C)n(C2CCN(CC(F)F)CC2)n1. The zero-order valence-corrected chi connectivity index (χ0v) is 12.9. The highest BCUT2D eigenvalue weighted by Crippen LogP contribution is 2.30. The molecule has 3 nitrogen and oxygen atoms in total. The van der Waals surface area contributed by atoms with Gasteiger partial charge in [-0.05, 0) is 25.8 Å². The molecule has 20 heavy (non-hydrogen) atoms. The summed E-state index contributed by atoms with van der Waals surface area (Å²) in [5.74, 6) is 0. The Labute approximate surface area is 120 Å². The van der Waals surface area contributed by atoms with Crippen molar-refractivity contribution in [3.63, 3.8) is 0 Å². The maximum atomic E-state index is 12.4. The highest BCUT2D eigenvalue weighted by molar-refractivity contribution is 5.18. The van der Waals surface area contributed by atoms with Crippen LogP contribution in [0.2, 0.25) is 0 Å². The number of likely N-dealkylation sites (tertiary alicyclic amines) is 1. The lowest BCUT2D eigenvalue weighted by Gasteiger charge is -2.34. The first-order chi connectivity index (χ1) is 9.27. The smallest absolute Gasteiger partial charge is 0.251 e. The quantitative estimate of drug-likeness (QED) is 0.849. The second-order valence-electron chi connectivity index (χ2n) is 6.79. The van der Waals surface area contributed by atoms with Crippen molar-refractivity contribution in [2.45, 2.75) is 58.4 Å². The average Bonchev–Trinajstić information content (AvgIpc) is 2.71. The van der Waals surface area contributed by atoms with Crippen LogP contribution in [0.4, 0.5) is 8.78 Å². The fourth-order valence-corrected chi connectivity index (χ4v) is 2.90. The predicted octanol–water partition coefficient (Wildman–Crippen LogP) is 3.39. The summed E-state index contributed by atoms with van der Waals surface area (Å²) >= 11 is 0. The molecule has 2 rings (SSSR count). The Balaban J connectivity index is 2.07. The van der Waals surface area contributed by atoms with Gasteiger partial charge in [-0.1, -0.05) is 20.8 Å². The molecule has 114 valence electrons. The van der Waals surface area contributed by atoms with Gasteiger partial charge in [0.1, 0.15) is 0 Å². The van der Waals surface area contributed by atoms with Crippen LogP contribution in [0.5, 0.6) is 0 Å². The van der Waals surface area contributed by atoms with Crippen LogP contribution in [-0.2, 0) is 5.41 Å². The van der Waals surface area contributed by atoms with E-state index in [0.717, 1.165) is 31.6 Å². The van der Waals surface area contributed by atoms with Gasteiger partial charge in [0.15, 0.2) is 0 Å². The monoisotopic (exact) mass is 285 g/mol. The van der Waals surface area contributed by atoms with E-state index in [9.17, 15) is 8.78 Å². The summed E-state index contributed by atoms with van der Waals surface area (Å²) in [6, 6.07) is 2.48. The van der Waals surface area contributed by atoms with Crippen molar-refractivity contribution in [2.75, 3.05) is 19.6 Å². The minimum Gasteiger partial charge on any atom is -0.298 e. The molecule has 0 aromatic carbocycles. The van der Waals surface area contributed by atoms with Gasteiger partial charge in [0, 0.05) is 24.2 Å². The van der Waals surface area contributed by atoms with Gasteiger partial charge in [0.05, 0.1) is 18.3 Å². The summed E-state index contributed by atoms with van der Waals surface area (Å²) in [4.78, 5) is 1.86. The van der Waals surface area contributed by atoms with Gasteiger partial charge in [0.2, 0.25) is 0 Å². The summed E-state index contributed by atoms with van der Waals surface area (Å²) in [5, 5.41) is 4.64. The Kier molecular flexibility index (Phi) is 4.47. The molecule has 1 aromatic rings. The van der Waals surface area contributed by atoms with E-state index in [4.69, 9.17) is 0 Å². The molecule has 1 saturated heterocycles. The van der Waals surface area contributed by atoms with Crippen LogP contribution in [0.3, 0.4) is 0 Å². The molecule has 0 N–H and O–H groups in total. The molecule has 0 spiro atoms. The number of hydrogen-bond acceptors (Lipinski definition) is 2. The van der Waals surface area contributed by atoms with Gasteiger partial charge in [-0.15, -0.1) is 0 Å². The van der Waals surface area contributed by atoms with Gasteiger partial charge in [-0.25, -0.2) is 8.78 Å². The molecular weight excluding hydrogens is 260 g/mol. The molecule has 0 aliphatic carbocycles. The summed E-state index contributed by atoms with van der Waals surface area (Å²) in [5.41, 5.74) is 2.33. The predicted molar refractivity (Wildman–Crippen MR) is 76.4 cm³/mol. The first-order valence-corrected chi connectivity index (χ1v) is 7.34. The Morgan fingerprint density at radius 2 is 1.90 bits per heavy atom. The first-order valence-electron chi connectivity index (χ1n) is 7.34. The van der Waals surface area contributed by atoms with Gasteiger partial charge in [-0.3, -0.25) is 9.58 Å². The summed E-state index contributed by atoms with van der Waals surface area (Å²) < 4.78 is 26.9. The second kappa shape index (κ2) is 5.80. The van der Waals surface area contributed by atoms with Crippen molar-refractivity contribution in [2.24, 2.45) is 0 Å². The largest absolute Gasteiger partial charge is 0.298 e. The first kappa shape index (κ1) is 15.4. The molecule has 0 saturated carbocycles. The third-order valence-corrected chi connectivity index (χ3v) is 3.93. The number of piperidine rings is 1. The zero-order valence-electron chi connectivity index (χ0n) is 12.9. The number of aromatic nitrogens is 2. The van der Waals surface area contributed by atoms with Gasteiger partial charge < -0.3 is 0 Å². The minimum atomic E-state index is -2.23. The van der Waals surface area contributed by atoms with Crippen LogP contribution in [0.1, 0.15) is 51.0 Å². The Morgan fingerprint density at radius 1 is 1.30 bits per heavy atom. The number of rotatable bonds is 3. The number of nitrogens with zero attached hydrogens (tertiary/aromatic N) is 3. The summed E-state index contributed by atoms with van der Waals surface area (Å²) in [6.45, 7) is 9.94. The molecule has 0 radical (unpaired) electrons. The van der Waals surface area contributed by atoms with E-state index < -0.39 is 6.43 Å². The van der Waals surface area contributed by atoms with Crippen molar-refractivity contribution in [3.8, 4) is 0 Å². The molecule has 5 heteroatoms. The van der Waals surface area contributed by atoms with Crippen molar-refractivity contribution in [1.29, 1.82) is 0 Å². The molecule has 1 fully saturated rings. The van der Waals surface area contributed by atoms with E-state index in [0.29, 0.717) is 6.04 Å². The fraction of sp³-hybridized carbons (Fsp3) is 0.800. The summed E-state index contributed by atoms with van der Waals surface area (Å²) in [6.07, 6.45) is -0.433. The van der Waals surface area contributed by atoms with E-state index in [1.807, 2.05) is 11.8 Å². The van der Waals surface area contributed by atoms with E-state index in [1.165, 1.54) is 5.69 Å². The number of hydrogen-bond donors (Lipinski definition) is 0. The number of aryl methyl sites for hydroxylation is 1. The Bertz CT molecular complexity index is 440. The van der Waals surface area contributed by atoms with Crippen molar-refractivity contribution in [3.05, 3.63) is 17.5 Å². The van der Waals surface area contributed by atoms with Crippen LogP contribution < -0.4 is 0 Å². The highest BCUT2D eigenvalue weighted by atomic mass is 19.3. The molecule has 0 atom stereocenters. The fourth-order valence-electron chi connectivity index (χ4n) is 2.90. The Hall–Kier alpha value is -0.970. The molecule has 2 heterocycles. The molecule has 0 amide bonds. The molecule has 0 unspecified atom stereocenters. The van der Waals surface area contributed by atoms with Crippen LogP contribution in [-0.4, -0.2) is 40.7 Å². The van der Waals surface area contributed by atoms with Gasteiger partial charge >= 0.3 is 0 Å². The van der Waals surface area contributed by atoms with Crippen molar-refractivity contribution in [1.82, 2.24) is 14.7 Å². The van der Waals surface area contributed by atoms with E-state index in [-0.39, 0.29) is 12.0 Å². The second-order valence-corrected chi connectivity index (χ2v) is 6.79. The third kappa shape index (κ3) is 3.57. The maximum Gasteiger partial charge on any atom is 0.251 e. The molecule has 1 aliphatic rings. The lowest BCUT2D eigenvalue weighted by molar-refractivity contribution is 0.0683. The van der Waals surface area contributed by atoms with Crippen LogP contribution >= 0.6 is 0 Å². The lowest BCUT2D eigenvalue weighted by atomic mass is 9.91. The molecular formula is C15H25F2N3. The standard InChI is InChI=1S/C15H25F2N3/c1-11-9-13(15(2,3)4)20(18-11)12-5-7-19(8-6-12)10-14(16)17/h9,12,14H,5-8,10H2,1-4H3. The molecule has 1 aromatic heterocycles. The van der Waals surface area contributed by atoms with Gasteiger partial charge in [-0.2, -0.15) is 5.10 Å². The minimum absolute atomic E-state index is 0.0569. The average molecular weight is 285 g/mol. The molecule has 1 aliphatic heterocycles. The summed E-state index contributed by atoms with van der Waals surface area (Å²) in [7, 11) is 0. The zero-order chi connectivity index (χ0) is 14.9. The van der Waals surface area contributed by atoms with Crippen molar-refractivity contribution < 1.29 is 8.78 Å². The van der Waals surface area contributed by atoms with E-state index in [2.05, 4.69) is 36.6 Å². The van der Waals surface area contributed by atoms with Crippen LogP contribution in [0.15, 0.2) is 6.07 Å². The number of alkyl halides is 2. The normalized spacial score (nSPS) is 18.9. The van der Waals surface area contributed by atoms with Gasteiger partial charge in [0.25, 0.3) is 6.43 Å². The third-order valence-electron chi connectivity index (χ3n) is 3.93. The Morgan fingerprint density at radius 3 is 2.40 bits per heavy atom. The van der Waals surface area contributed by atoms with E-state index >= 15 is 0 Å². The van der Waals surface area contributed by atoms with E-state index in [1.54, 1.807) is 0 Å². The van der Waals surface area contributed by atoms with Crippen LogP contribution in [0, 0.1) is 6.92 Å². The topological polar surface area (TPSA) is 21.1 Å². The van der Waals surface area contributed by atoms with Crippen molar-refractivity contribution >= 4 is 0 Å². The lowest BCUT2D eigenvalue weighted by Crippen LogP contribution is -2.38. The van der Waals surface area contributed by atoms with Crippen LogP contribution in [0.25, 0.3) is 0 Å². The number of halogens is 2. The highest BCUT2D eigenvalue weighted by Gasteiger charge is 2.28. The molecule has 0 bridgehead atoms.